The van der Waals surface area contributed by atoms with E-state index in [0.29, 0.717) is 13.1 Å². The van der Waals surface area contributed by atoms with Gasteiger partial charge in [0.25, 0.3) is 0 Å². The first-order valence-electron chi connectivity index (χ1n) is 12.9. The fourth-order valence-electron chi connectivity index (χ4n) is 4.04. The molecule has 0 aromatic rings. The van der Waals surface area contributed by atoms with Crippen molar-refractivity contribution in [1.82, 2.24) is 9.80 Å². The molecule has 3 fully saturated rings. The van der Waals surface area contributed by atoms with Crippen molar-refractivity contribution in [3.63, 3.8) is 0 Å². The van der Waals surface area contributed by atoms with Gasteiger partial charge in [0.15, 0.2) is 0 Å². The smallest absolute Gasteiger partial charge is 0.227 e. The Kier molecular flexibility index (Phi) is 15.3. The molecule has 1 saturated carbocycles. The summed E-state index contributed by atoms with van der Waals surface area (Å²) >= 11 is 0. The second kappa shape index (κ2) is 16.1. The number of halogens is 2. The van der Waals surface area contributed by atoms with Gasteiger partial charge in [0.1, 0.15) is 11.9 Å². The number of carbonyl (C=O) groups is 1. The molecule has 0 bridgehead atoms. The highest BCUT2D eigenvalue weighted by Gasteiger charge is 2.40. The molecular formula is C27H49F2N3O2. The van der Waals surface area contributed by atoms with Crippen LogP contribution in [-0.2, 0) is 4.79 Å². The van der Waals surface area contributed by atoms with E-state index in [1.165, 1.54) is 39.2 Å². The Balaban J connectivity index is 0.000000690. The summed E-state index contributed by atoms with van der Waals surface area (Å²) in [5.41, 5.74) is 0.129. The monoisotopic (exact) mass is 485 g/mol. The van der Waals surface area contributed by atoms with Gasteiger partial charge in [-0.05, 0) is 59.4 Å². The van der Waals surface area contributed by atoms with Crippen molar-refractivity contribution in [3.8, 4) is 0 Å². The number of carbonyl (C=O) groups excluding carboxylic acids is 1. The molecule has 2 aliphatic heterocycles. The molecule has 0 radical (unpaired) electrons. The topological polar surface area (TPSA) is 53.0 Å². The zero-order chi connectivity index (χ0) is 26.5. The molecule has 2 saturated heterocycles. The van der Waals surface area contributed by atoms with E-state index < -0.39 is 11.7 Å². The van der Waals surface area contributed by atoms with Crippen LogP contribution in [0.3, 0.4) is 0 Å². The first-order chi connectivity index (χ1) is 15.9. The van der Waals surface area contributed by atoms with E-state index in [1.807, 2.05) is 32.6 Å². The minimum Gasteiger partial charge on any atom is -0.342 e. The lowest BCUT2D eigenvalue weighted by atomic mass is 9.86. The highest BCUT2D eigenvalue weighted by atomic mass is 19.1. The molecule has 7 heteroatoms. The van der Waals surface area contributed by atoms with Gasteiger partial charge in [-0.3, -0.25) is 9.69 Å². The van der Waals surface area contributed by atoms with Crippen LogP contribution in [0, 0.1) is 22.7 Å². The third kappa shape index (κ3) is 12.2. The van der Waals surface area contributed by atoms with Crippen LogP contribution in [-0.4, -0.2) is 53.5 Å². The van der Waals surface area contributed by atoms with E-state index >= 15 is 0 Å². The average Bonchev–Trinajstić information content (AvgIpc) is 3.57. The fourth-order valence-corrected chi connectivity index (χ4v) is 4.04. The molecule has 2 heterocycles. The Morgan fingerprint density at radius 2 is 1.50 bits per heavy atom. The zero-order valence-electron chi connectivity index (χ0n) is 23.0. The standard InChI is InChI=1S/C16H29N3O2.C6H8F2.C3H6.C2H6/c1-11-8-18(9-12(2)14(11)17-21)15(20)13-6-7-19(10-13)16(3,4)5;1-3-6(8)4-5(2)7;1-2-3-1;1-2/h11-14H,6-10H2,1-5H3;3-4H,1-2H3;1-3H2;1-2H3/b;5-4+,6-3+;;. The lowest BCUT2D eigenvalue weighted by Crippen LogP contribution is -2.51. The predicted octanol–water partition coefficient (Wildman–Crippen LogP) is 7.29. The van der Waals surface area contributed by atoms with E-state index in [1.54, 1.807) is 0 Å². The van der Waals surface area contributed by atoms with Crippen LogP contribution in [0.2, 0.25) is 0 Å². The Bertz CT molecular complexity index is 653. The highest BCUT2D eigenvalue weighted by Crippen LogP contribution is 2.29. The molecule has 0 N–H and O–H groups in total. The molecule has 0 spiro atoms. The maximum absolute atomic E-state index is 12.7. The van der Waals surface area contributed by atoms with Crippen LogP contribution < -0.4 is 0 Å². The Labute approximate surface area is 207 Å². The molecule has 1 aliphatic carbocycles. The summed E-state index contributed by atoms with van der Waals surface area (Å²) in [5, 5.41) is 3.25. The van der Waals surface area contributed by atoms with Crippen molar-refractivity contribution < 1.29 is 13.6 Å². The molecule has 0 aromatic heterocycles. The number of hydrogen-bond donors (Lipinski definition) is 0. The first kappa shape index (κ1) is 32.4. The maximum atomic E-state index is 12.7. The normalized spacial score (nSPS) is 27.3. The highest BCUT2D eigenvalue weighted by molar-refractivity contribution is 5.79. The van der Waals surface area contributed by atoms with Crippen LogP contribution in [0.5, 0.6) is 0 Å². The Morgan fingerprint density at radius 1 is 1.00 bits per heavy atom. The second-order valence-electron chi connectivity index (χ2n) is 10.4. The third-order valence-corrected chi connectivity index (χ3v) is 6.07. The molecule has 5 nitrogen and oxygen atoms in total. The van der Waals surface area contributed by atoms with Crippen LogP contribution >= 0.6 is 0 Å². The van der Waals surface area contributed by atoms with Gasteiger partial charge in [0.05, 0.1) is 11.7 Å². The molecule has 3 aliphatic rings. The molecular weight excluding hydrogens is 436 g/mol. The van der Waals surface area contributed by atoms with Crippen LogP contribution in [0.25, 0.3) is 0 Å². The second-order valence-corrected chi connectivity index (χ2v) is 10.4. The lowest BCUT2D eigenvalue weighted by molar-refractivity contribution is -0.138. The van der Waals surface area contributed by atoms with Crippen molar-refractivity contribution >= 4 is 5.91 Å². The maximum Gasteiger partial charge on any atom is 0.227 e. The SMILES string of the molecule is C/C=C(F)\C=C(/C)F.C1CC1.CC.CC1CN(C(=O)C2CCN(C(C)(C)C)C2)CC(C)C1N=O. The number of allylic oxidation sites excluding steroid dienone is 4. The van der Waals surface area contributed by atoms with E-state index in [0.717, 1.165) is 25.6 Å². The van der Waals surface area contributed by atoms with E-state index in [9.17, 15) is 18.5 Å². The number of rotatable bonds is 3. The Hall–Kier alpha value is -1.63. The Morgan fingerprint density at radius 3 is 1.79 bits per heavy atom. The van der Waals surface area contributed by atoms with Crippen molar-refractivity contribution in [1.29, 1.82) is 0 Å². The van der Waals surface area contributed by atoms with Gasteiger partial charge in [0.2, 0.25) is 5.91 Å². The van der Waals surface area contributed by atoms with Gasteiger partial charge < -0.3 is 4.90 Å². The average molecular weight is 486 g/mol. The first-order valence-corrected chi connectivity index (χ1v) is 12.9. The van der Waals surface area contributed by atoms with Crippen molar-refractivity contribution in [2.24, 2.45) is 22.9 Å². The zero-order valence-corrected chi connectivity index (χ0v) is 23.0. The van der Waals surface area contributed by atoms with Gasteiger partial charge in [0, 0.05) is 31.2 Å². The molecule has 3 rings (SSSR count). The van der Waals surface area contributed by atoms with E-state index in [4.69, 9.17) is 0 Å². The quantitative estimate of drug-likeness (QED) is 0.312. The largest absolute Gasteiger partial charge is 0.342 e. The van der Waals surface area contributed by atoms with Gasteiger partial charge in [-0.25, -0.2) is 8.78 Å². The number of nitrogens with zero attached hydrogens (tertiary/aromatic N) is 3. The summed E-state index contributed by atoms with van der Waals surface area (Å²) < 4.78 is 23.6. The number of nitroso groups, excluding NO2 is 1. The van der Waals surface area contributed by atoms with Crippen LogP contribution in [0.4, 0.5) is 8.78 Å². The van der Waals surface area contributed by atoms with Crippen LogP contribution in [0.15, 0.2) is 29.0 Å². The number of hydrogen-bond acceptors (Lipinski definition) is 4. The summed E-state index contributed by atoms with van der Waals surface area (Å²) in [4.78, 5) is 28.0. The summed E-state index contributed by atoms with van der Waals surface area (Å²) in [6.45, 7) is 20.6. The summed E-state index contributed by atoms with van der Waals surface area (Å²) in [6, 6.07) is -0.149. The number of amides is 1. The van der Waals surface area contributed by atoms with Crippen molar-refractivity contribution in [2.45, 2.75) is 99.6 Å². The van der Waals surface area contributed by atoms with E-state index in [-0.39, 0.29) is 35.2 Å². The third-order valence-electron chi connectivity index (χ3n) is 6.07. The molecule has 0 aromatic carbocycles. The fraction of sp³-hybridized carbons (Fsp3) is 0.815. The molecule has 3 atom stereocenters. The van der Waals surface area contributed by atoms with E-state index in [2.05, 4.69) is 30.8 Å². The van der Waals surface area contributed by atoms with Crippen LogP contribution in [0.1, 0.15) is 88.0 Å². The summed E-state index contributed by atoms with van der Waals surface area (Å²) in [6.07, 6.45) is 7.48. The van der Waals surface area contributed by atoms with Gasteiger partial charge in [-0.1, -0.05) is 58.2 Å². The molecule has 1 amide bonds. The van der Waals surface area contributed by atoms with Crippen molar-refractivity contribution in [3.05, 3.63) is 28.7 Å². The minimum atomic E-state index is -0.537. The summed E-state index contributed by atoms with van der Waals surface area (Å²) in [5.74, 6) is -0.342. The molecule has 34 heavy (non-hydrogen) atoms. The lowest BCUT2D eigenvalue weighted by Gasteiger charge is -2.39. The minimum absolute atomic E-state index is 0.115. The summed E-state index contributed by atoms with van der Waals surface area (Å²) in [7, 11) is 0. The van der Waals surface area contributed by atoms with Gasteiger partial charge in [-0.2, -0.15) is 4.91 Å². The molecule has 198 valence electrons. The van der Waals surface area contributed by atoms with Crippen molar-refractivity contribution in [2.75, 3.05) is 26.2 Å². The number of piperidine rings is 1. The van der Waals surface area contributed by atoms with Gasteiger partial charge in [-0.15, -0.1) is 0 Å². The van der Waals surface area contributed by atoms with Gasteiger partial charge >= 0.3 is 0 Å². The predicted molar refractivity (Wildman–Crippen MR) is 139 cm³/mol. The molecule has 3 unspecified atom stereocenters. The number of likely N-dealkylation sites (tertiary alicyclic amines) is 2.